The lowest BCUT2D eigenvalue weighted by Crippen LogP contribution is -2.62. The lowest BCUT2D eigenvalue weighted by Gasteiger charge is -2.46. The highest BCUT2D eigenvalue weighted by Crippen LogP contribution is 2.43. The topological polar surface area (TPSA) is 71.2 Å². The quantitative estimate of drug-likeness (QED) is 0.664. The number of likely N-dealkylation sites (tertiary alicyclic amines) is 1. The van der Waals surface area contributed by atoms with Crippen LogP contribution in [0.4, 0.5) is 10.4 Å². The first-order valence-electron chi connectivity index (χ1n) is 13.0. The summed E-state index contributed by atoms with van der Waals surface area (Å²) in [5.41, 5.74) is 0.244. The Labute approximate surface area is 206 Å². The molecule has 0 unspecified atom stereocenters. The largest absolute Gasteiger partial charge is 0.490 e. The highest BCUT2D eigenvalue weighted by Gasteiger charge is 2.52. The van der Waals surface area contributed by atoms with Crippen molar-refractivity contribution in [2.75, 3.05) is 37.7 Å². The van der Waals surface area contributed by atoms with E-state index in [1.165, 1.54) is 6.07 Å². The number of hydrogen-bond donors (Lipinski definition) is 1. The van der Waals surface area contributed by atoms with Crippen LogP contribution in [0.15, 0.2) is 35.1 Å². The van der Waals surface area contributed by atoms with Gasteiger partial charge < -0.3 is 23.9 Å². The molecule has 0 bridgehead atoms. The molecule has 35 heavy (non-hydrogen) atoms. The first-order valence-corrected chi connectivity index (χ1v) is 13.0. The number of ether oxygens (including phenoxy) is 2. The second-order valence-corrected chi connectivity index (χ2v) is 11.6. The molecule has 6 rings (SSSR count). The van der Waals surface area contributed by atoms with Gasteiger partial charge in [0.05, 0.1) is 37.6 Å². The van der Waals surface area contributed by atoms with Crippen LogP contribution in [0.2, 0.25) is 0 Å². The van der Waals surface area contributed by atoms with Crippen molar-refractivity contribution in [1.82, 2.24) is 9.88 Å². The minimum atomic E-state index is -0.672. The molecule has 1 aromatic heterocycles. The molecule has 190 valence electrons. The Kier molecular flexibility index (Phi) is 5.81. The Balaban J connectivity index is 1.03. The van der Waals surface area contributed by atoms with E-state index in [0.29, 0.717) is 18.0 Å². The van der Waals surface area contributed by atoms with Crippen molar-refractivity contribution in [3.05, 3.63) is 42.0 Å². The SMILES string of the molecule is CC(C)(O)[C@H]1C[C@H](Oc2ccc(F)cc2C2CCN([C@@H]3COC4(C3)CN(c3ncco3)C4)CC2)C1. The molecule has 1 N–H and O–H groups in total. The molecule has 1 atom stereocenters. The van der Waals surface area contributed by atoms with Crippen LogP contribution in [0.1, 0.15) is 57.4 Å². The molecule has 4 heterocycles. The number of aromatic nitrogens is 1. The first-order chi connectivity index (χ1) is 16.8. The maximum atomic E-state index is 14.2. The average molecular weight is 486 g/mol. The van der Waals surface area contributed by atoms with Gasteiger partial charge in [0.15, 0.2) is 0 Å². The number of benzene rings is 1. The Hall–Kier alpha value is -2.16. The number of aliphatic hydroxyl groups is 1. The number of anilines is 1. The maximum absolute atomic E-state index is 14.2. The number of rotatable bonds is 6. The summed E-state index contributed by atoms with van der Waals surface area (Å²) in [5, 5.41) is 10.2. The van der Waals surface area contributed by atoms with Crippen molar-refractivity contribution >= 4 is 6.01 Å². The molecule has 0 radical (unpaired) electrons. The standard InChI is InChI=1S/C27H36FN3O4/c1-26(2,32)19-11-22(12-19)35-24-4-3-20(28)13-23(24)18-5-8-30(9-6-18)21-14-27(34-15-21)16-31(17-27)25-29-7-10-33-25/h3-4,7,10,13,18-19,21-22,32H,5-6,8-9,11-12,14-17H2,1-2H3/t19-,21-,22-/m0/s1. The van der Waals surface area contributed by atoms with Crippen molar-refractivity contribution in [1.29, 1.82) is 0 Å². The van der Waals surface area contributed by atoms with Crippen LogP contribution in [0.25, 0.3) is 0 Å². The molecule has 1 aliphatic carbocycles. The van der Waals surface area contributed by atoms with E-state index in [2.05, 4.69) is 14.8 Å². The van der Waals surface area contributed by atoms with E-state index in [1.807, 2.05) is 13.8 Å². The zero-order chi connectivity index (χ0) is 24.2. The first kappa shape index (κ1) is 23.3. The molecule has 1 saturated carbocycles. The molecule has 3 saturated heterocycles. The third-order valence-corrected chi connectivity index (χ3v) is 8.68. The lowest BCUT2D eigenvalue weighted by molar-refractivity contribution is -0.0676. The third kappa shape index (κ3) is 4.56. The van der Waals surface area contributed by atoms with Crippen LogP contribution in [-0.2, 0) is 4.74 Å². The van der Waals surface area contributed by atoms with E-state index in [9.17, 15) is 9.50 Å². The number of halogens is 1. The summed E-state index contributed by atoms with van der Waals surface area (Å²) < 4.78 is 32.2. The normalized spacial score (nSPS) is 29.3. The molecule has 3 aliphatic heterocycles. The second kappa shape index (κ2) is 8.75. The zero-order valence-electron chi connectivity index (χ0n) is 20.7. The fourth-order valence-electron chi connectivity index (χ4n) is 6.37. The summed E-state index contributed by atoms with van der Waals surface area (Å²) in [6.07, 6.45) is 8.08. The predicted octanol–water partition coefficient (Wildman–Crippen LogP) is 3.97. The Bertz CT molecular complexity index is 1020. The second-order valence-electron chi connectivity index (χ2n) is 11.6. The number of oxazole rings is 1. The van der Waals surface area contributed by atoms with Crippen molar-refractivity contribution in [3.63, 3.8) is 0 Å². The van der Waals surface area contributed by atoms with Gasteiger partial charge in [-0.25, -0.2) is 9.37 Å². The highest BCUT2D eigenvalue weighted by atomic mass is 19.1. The predicted molar refractivity (Wildman–Crippen MR) is 129 cm³/mol. The molecule has 2 aromatic rings. The lowest BCUT2D eigenvalue weighted by atomic mass is 9.72. The summed E-state index contributed by atoms with van der Waals surface area (Å²) in [5.74, 6) is 1.16. The van der Waals surface area contributed by atoms with Gasteiger partial charge >= 0.3 is 0 Å². The molecule has 4 aliphatic rings. The fraction of sp³-hybridized carbons (Fsp3) is 0.667. The van der Waals surface area contributed by atoms with Crippen molar-refractivity contribution < 1.29 is 23.4 Å². The molecular formula is C27H36FN3O4. The van der Waals surface area contributed by atoms with Gasteiger partial charge in [-0.1, -0.05) is 0 Å². The number of nitrogens with zero attached hydrogens (tertiary/aromatic N) is 3. The van der Waals surface area contributed by atoms with E-state index >= 15 is 0 Å². The van der Waals surface area contributed by atoms with Gasteiger partial charge in [0.2, 0.25) is 0 Å². The van der Waals surface area contributed by atoms with E-state index in [0.717, 1.165) is 76.2 Å². The Morgan fingerprint density at radius 1 is 1.20 bits per heavy atom. The summed E-state index contributed by atoms with van der Waals surface area (Å²) in [6, 6.07) is 6.06. The molecule has 8 heteroatoms. The minimum absolute atomic E-state index is 0.0800. The Morgan fingerprint density at radius 3 is 2.66 bits per heavy atom. The molecule has 4 fully saturated rings. The fourth-order valence-corrected chi connectivity index (χ4v) is 6.37. The van der Waals surface area contributed by atoms with Crippen LogP contribution in [0.5, 0.6) is 5.75 Å². The van der Waals surface area contributed by atoms with Crippen LogP contribution >= 0.6 is 0 Å². The van der Waals surface area contributed by atoms with Crippen LogP contribution in [0, 0.1) is 11.7 Å². The molecule has 0 amide bonds. The van der Waals surface area contributed by atoms with E-state index in [1.54, 1.807) is 24.6 Å². The molecule has 1 aromatic carbocycles. The van der Waals surface area contributed by atoms with Gasteiger partial charge in [0, 0.05) is 11.6 Å². The average Bonchev–Trinajstić information content (AvgIpc) is 3.45. The van der Waals surface area contributed by atoms with Crippen molar-refractivity contribution in [3.8, 4) is 5.75 Å². The molecule has 1 spiro atoms. The number of piperidine rings is 1. The maximum Gasteiger partial charge on any atom is 0.297 e. The number of hydrogen-bond acceptors (Lipinski definition) is 7. The minimum Gasteiger partial charge on any atom is -0.490 e. The third-order valence-electron chi connectivity index (χ3n) is 8.68. The van der Waals surface area contributed by atoms with Gasteiger partial charge in [0.25, 0.3) is 6.01 Å². The summed E-state index contributed by atoms with van der Waals surface area (Å²) in [7, 11) is 0. The van der Waals surface area contributed by atoms with E-state index in [-0.39, 0.29) is 23.4 Å². The van der Waals surface area contributed by atoms with Gasteiger partial charge in [0.1, 0.15) is 23.4 Å². The van der Waals surface area contributed by atoms with Gasteiger partial charge in [-0.05, 0) is 89.1 Å². The summed E-state index contributed by atoms with van der Waals surface area (Å²) >= 11 is 0. The monoisotopic (exact) mass is 485 g/mol. The zero-order valence-corrected chi connectivity index (χ0v) is 20.7. The highest BCUT2D eigenvalue weighted by molar-refractivity contribution is 5.38. The van der Waals surface area contributed by atoms with Crippen molar-refractivity contribution in [2.45, 2.75) is 75.2 Å². The summed E-state index contributed by atoms with van der Waals surface area (Å²) in [4.78, 5) is 8.92. The van der Waals surface area contributed by atoms with Gasteiger partial charge in [-0.3, -0.25) is 4.90 Å². The van der Waals surface area contributed by atoms with E-state index < -0.39 is 5.60 Å². The molecular weight excluding hydrogens is 449 g/mol. The van der Waals surface area contributed by atoms with Crippen LogP contribution in [0.3, 0.4) is 0 Å². The Morgan fingerprint density at radius 2 is 1.97 bits per heavy atom. The van der Waals surface area contributed by atoms with E-state index in [4.69, 9.17) is 13.9 Å². The van der Waals surface area contributed by atoms with Gasteiger partial charge in [-0.15, -0.1) is 0 Å². The molecule has 7 nitrogen and oxygen atoms in total. The van der Waals surface area contributed by atoms with Gasteiger partial charge in [-0.2, -0.15) is 0 Å². The van der Waals surface area contributed by atoms with Crippen molar-refractivity contribution in [2.24, 2.45) is 5.92 Å². The smallest absolute Gasteiger partial charge is 0.297 e. The van der Waals surface area contributed by atoms with Crippen LogP contribution < -0.4 is 9.64 Å². The summed E-state index contributed by atoms with van der Waals surface area (Å²) in [6.45, 7) is 8.12. The van der Waals surface area contributed by atoms with Crippen LogP contribution in [-0.4, -0.2) is 71.1 Å².